The molecule has 0 radical (unpaired) electrons. The molecule has 2 aromatic heterocycles. The molecule has 0 bridgehead atoms. The van der Waals surface area contributed by atoms with E-state index >= 15 is 14.4 Å². The zero-order valence-electron chi connectivity index (χ0n) is 64.2. The molecule has 8 aliphatic rings. The smallest absolute Gasteiger partial charge is 0.326 e. The highest BCUT2D eigenvalue weighted by Gasteiger charge is 2.67. The third kappa shape index (κ3) is 17.3. The summed E-state index contributed by atoms with van der Waals surface area (Å²) in [4.78, 5) is 205. The van der Waals surface area contributed by atoms with Crippen LogP contribution in [0.4, 0.5) is 0 Å². The number of carboxylic acids is 1. The standard InChI is InChI=1S/C76H108N16O18S/c1-40(2)30-51(71(105)90-27-10-14-55(90)72(106)91-28-11-15-56(91)73(107)108)87-66(100)53-13-9-26-89(53)70(104)48(18-21-61(78)96)83-63(97)49(31-42-35-79-38-81-42)85-65(99)52-12-8-25-88(52)69(103)47(17-20-60(77)95)84-64(98)50(32-43-36-80-39-82-43)86-67(101)54(23-29-111(7)109)92-37-46-44(68(92)102)33-57(93)45-34-76(110-62(45)46)41(3)16-19-58-74(4,5)59(94)22-24-75(58,76)6/h33,35-36,38-41,47-56,58-59,93-94H,8-32,34,37H2,1-7H3,(H2,77,95)(H2,78,96)(H,79,81)(H,80,82)(H,83,97)(H,84,98)(H,85,99)(H,86,101)(H,87,100)(H,107,108)/t41-,47+,48+,49+,50+,51+,52+,53+,54+,55+,56+,58+,59-,75+,76-,111?/m1/s1. The number of benzene rings is 1. The maximum absolute atomic E-state index is 15.2. The van der Waals surface area contributed by atoms with Gasteiger partial charge in [-0.3, -0.25) is 61.7 Å². The number of hydrogen-bond donors (Lipinski definition) is 12. The molecule has 3 aromatic rings. The number of nitrogens with zero attached hydrogens (tertiary/aromatic N) is 7. The normalized spacial score (nSPS) is 26.4. The SMILES string of the molecule is CC(C)C[C@H](NC(=O)[C@@H]1CCCN1C(=O)[C@H](CCC(N)=O)NC(=O)[C@H](Cc1cnc[nH]1)NC(=O)[C@@H]1CCCN1C(=O)[C@H](CCC(N)=O)NC(=O)[C@H](Cc1cnc[nH]1)NC(=O)[C@H](CCS(C)=O)N1Cc2c(cc(O)c3c2O[C@]2(C3)[C@H](C)CC[C@H]3C(C)(C)[C@H](O)CC[C@@]32C)C1=O)C(=O)N1CCC[C@H]1C(=O)N1CCC[C@H]1C(=O)O. The molecule has 12 amide bonds. The van der Waals surface area contributed by atoms with E-state index in [0.29, 0.717) is 73.2 Å². The molecule has 1 unspecified atom stereocenters. The topological polar surface area (TPSA) is 495 Å². The molecule has 6 aliphatic heterocycles. The number of aromatic hydroxyl groups is 1. The van der Waals surface area contributed by atoms with Gasteiger partial charge < -0.3 is 92.6 Å². The fraction of sp³-hybridized carbons (Fsp3) is 0.671. The number of carboxylic acid groups (broad SMARTS) is 1. The predicted octanol–water partition coefficient (Wildman–Crippen LogP) is 0.373. The van der Waals surface area contributed by atoms with E-state index in [9.17, 15) is 67.5 Å². The number of primary amides is 2. The molecule has 14 N–H and O–H groups in total. The molecule has 2 aliphatic carbocycles. The zero-order chi connectivity index (χ0) is 80.3. The third-order valence-electron chi connectivity index (χ3n) is 24.9. The lowest BCUT2D eigenvalue weighted by atomic mass is 9.43. The van der Waals surface area contributed by atoms with Crippen molar-refractivity contribution in [1.82, 2.24) is 71.0 Å². The van der Waals surface area contributed by atoms with E-state index in [-0.39, 0.29) is 132 Å². The molecule has 35 heteroatoms. The van der Waals surface area contributed by atoms with Crippen LogP contribution in [-0.4, -0.2) is 251 Å². The number of carbonyl (C=O) groups is 13. The number of ether oxygens (including phenoxy) is 1. The van der Waals surface area contributed by atoms with Crippen LogP contribution in [0.2, 0.25) is 0 Å². The molecule has 34 nitrogen and oxygen atoms in total. The van der Waals surface area contributed by atoms with Crippen molar-refractivity contribution in [2.75, 3.05) is 38.2 Å². The minimum Gasteiger partial charge on any atom is -0.508 e. The van der Waals surface area contributed by atoms with Gasteiger partial charge in [-0.25, -0.2) is 14.8 Å². The van der Waals surface area contributed by atoms with Gasteiger partial charge in [0.15, 0.2) is 0 Å². The van der Waals surface area contributed by atoms with Gasteiger partial charge in [-0.15, -0.1) is 0 Å². The molecule has 8 heterocycles. The average Bonchev–Trinajstić information content (AvgIpc) is 1.60. The van der Waals surface area contributed by atoms with Gasteiger partial charge in [0.1, 0.15) is 77.5 Å². The number of fused-ring (bicyclic) bond motifs is 5. The fourth-order valence-electron chi connectivity index (χ4n) is 19.0. The molecular formula is C76H108N16O18S. The molecule has 1 spiro atoms. The van der Waals surface area contributed by atoms with Crippen LogP contribution in [-0.2, 0) is 94.1 Å². The number of aliphatic hydroxyl groups excluding tert-OH is 1. The molecule has 6 fully saturated rings. The number of phenolic OH excluding ortho intramolecular Hbond substituents is 1. The van der Waals surface area contributed by atoms with Gasteiger partial charge in [0.25, 0.3) is 5.91 Å². The van der Waals surface area contributed by atoms with Crippen molar-refractivity contribution in [2.24, 2.45) is 40.1 Å². The lowest BCUT2D eigenvalue weighted by Crippen LogP contribution is -2.66. The number of rotatable bonds is 31. The number of aromatic amines is 2. The Balaban J connectivity index is 0.786. The van der Waals surface area contributed by atoms with Crippen LogP contribution < -0.4 is 42.8 Å². The van der Waals surface area contributed by atoms with E-state index < -0.39 is 183 Å². The lowest BCUT2D eigenvalue weighted by molar-refractivity contribution is -0.210. The summed E-state index contributed by atoms with van der Waals surface area (Å²) in [6.07, 6.45) is 9.79. The molecular weight excluding hydrogens is 1460 g/mol. The molecule has 16 atom stereocenters. The summed E-state index contributed by atoms with van der Waals surface area (Å²) in [5.74, 6) is -10.2. The minimum absolute atomic E-state index is 0.00999. The number of aliphatic carboxylic acids is 1. The zero-order valence-corrected chi connectivity index (χ0v) is 65.0. The van der Waals surface area contributed by atoms with Crippen LogP contribution in [0, 0.1) is 28.6 Å². The number of nitrogens with one attached hydrogen (secondary N) is 7. The second kappa shape index (κ2) is 34.2. The summed E-state index contributed by atoms with van der Waals surface area (Å²) in [6.45, 7) is 12.4. The van der Waals surface area contributed by atoms with Crippen LogP contribution in [0.1, 0.15) is 190 Å². The van der Waals surface area contributed by atoms with Crippen molar-refractivity contribution in [3.8, 4) is 11.5 Å². The van der Waals surface area contributed by atoms with Gasteiger partial charge in [0.05, 0.1) is 30.9 Å². The van der Waals surface area contributed by atoms with E-state index in [4.69, 9.17) is 16.2 Å². The fourth-order valence-corrected chi connectivity index (χ4v) is 19.6. The van der Waals surface area contributed by atoms with Gasteiger partial charge in [0.2, 0.25) is 65.0 Å². The monoisotopic (exact) mass is 1560 g/mol. The predicted molar refractivity (Wildman–Crippen MR) is 399 cm³/mol. The summed E-state index contributed by atoms with van der Waals surface area (Å²) in [5.41, 5.74) is 11.4. The van der Waals surface area contributed by atoms with Crippen molar-refractivity contribution >= 4 is 87.7 Å². The highest BCUT2D eigenvalue weighted by atomic mass is 32.2. The van der Waals surface area contributed by atoms with Crippen LogP contribution in [0.5, 0.6) is 11.5 Å². The molecule has 2 saturated carbocycles. The number of likely N-dealkylation sites (tertiary alicyclic amines) is 4. The summed E-state index contributed by atoms with van der Waals surface area (Å²) >= 11 is 0. The second-order valence-electron chi connectivity index (χ2n) is 32.8. The number of nitrogens with two attached hydrogens (primary N) is 2. The van der Waals surface area contributed by atoms with Gasteiger partial charge >= 0.3 is 5.97 Å². The number of carbonyl (C=O) groups excluding carboxylic acids is 12. The Kier molecular flexibility index (Phi) is 25.4. The van der Waals surface area contributed by atoms with E-state index in [1.54, 1.807) is 0 Å². The third-order valence-corrected chi connectivity index (χ3v) is 25.7. The van der Waals surface area contributed by atoms with Crippen molar-refractivity contribution in [2.45, 2.75) is 255 Å². The molecule has 11 rings (SSSR count). The van der Waals surface area contributed by atoms with Crippen LogP contribution in [0.3, 0.4) is 0 Å². The largest absolute Gasteiger partial charge is 0.508 e. The van der Waals surface area contributed by atoms with Gasteiger partial charge in [-0.05, 0) is 132 Å². The number of H-pyrrole nitrogens is 2. The Morgan fingerprint density at radius 1 is 0.649 bits per heavy atom. The van der Waals surface area contributed by atoms with Crippen LogP contribution in [0.15, 0.2) is 31.1 Å². The Morgan fingerprint density at radius 2 is 1.14 bits per heavy atom. The molecule has 111 heavy (non-hydrogen) atoms. The van der Waals surface area contributed by atoms with Crippen LogP contribution in [0.25, 0.3) is 0 Å². The van der Waals surface area contributed by atoms with E-state index in [2.05, 4.69) is 74.2 Å². The van der Waals surface area contributed by atoms with E-state index in [1.807, 2.05) is 13.8 Å². The highest BCUT2D eigenvalue weighted by Crippen LogP contribution is 2.67. The van der Waals surface area contributed by atoms with E-state index in [0.717, 1.165) is 12.8 Å². The number of hydrogen-bond acceptors (Lipinski definition) is 19. The van der Waals surface area contributed by atoms with Crippen molar-refractivity contribution in [3.05, 3.63) is 59.2 Å². The van der Waals surface area contributed by atoms with Crippen molar-refractivity contribution in [1.29, 1.82) is 0 Å². The quantitative estimate of drug-likeness (QED) is 0.0414. The summed E-state index contributed by atoms with van der Waals surface area (Å²) < 4.78 is 20.2. The lowest BCUT2D eigenvalue weighted by Gasteiger charge is -2.64. The first kappa shape index (κ1) is 82.4. The minimum atomic E-state index is -1.58. The summed E-state index contributed by atoms with van der Waals surface area (Å²) in [7, 11) is -1.49. The second-order valence-corrected chi connectivity index (χ2v) is 34.4. The Morgan fingerprint density at radius 3 is 1.66 bits per heavy atom. The van der Waals surface area contributed by atoms with E-state index in [1.165, 1.54) is 61.9 Å². The first-order chi connectivity index (χ1) is 52.6. The van der Waals surface area contributed by atoms with Crippen molar-refractivity contribution < 1.29 is 86.6 Å². The Bertz CT molecular complexity index is 4080. The number of imidazole rings is 2. The molecule has 4 saturated heterocycles. The Labute approximate surface area is 646 Å². The maximum atomic E-state index is 15.2. The van der Waals surface area contributed by atoms with Gasteiger partial charge in [0, 0.05) is 121 Å². The summed E-state index contributed by atoms with van der Waals surface area (Å²) in [5, 5.41) is 46.8. The first-order valence-corrected chi connectivity index (χ1v) is 40.7. The van der Waals surface area contributed by atoms with Crippen LogP contribution >= 0.6 is 0 Å². The van der Waals surface area contributed by atoms with Gasteiger partial charge in [-0.2, -0.15) is 0 Å². The highest BCUT2D eigenvalue weighted by molar-refractivity contribution is 7.84. The summed E-state index contributed by atoms with van der Waals surface area (Å²) in [6, 6.07) is -11.7. The number of phenols is 1. The number of aliphatic hydroxyl groups is 1. The average molecular weight is 1570 g/mol. The molecule has 1 aromatic carbocycles. The number of aromatic nitrogens is 4. The molecule has 606 valence electrons. The maximum Gasteiger partial charge on any atom is 0.326 e. The number of amides is 12. The van der Waals surface area contributed by atoms with Gasteiger partial charge in [-0.1, -0.05) is 41.5 Å². The first-order valence-electron chi connectivity index (χ1n) is 39.0. The Hall–Kier alpha value is -9.54. The van der Waals surface area contributed by atoms with Crippen molar-refractivity contribution in [3.63, 3.8) is 0 Å².